The number of aromatic nitrogens is 1. The van der Waals surface area contributed by atoms with Gasteiger partial charge in [0.15, 0.2) is 0 Å². The van der Waals surface area contributed by atoms with Crippen molar-refractivity contribution in [2.75, 3.05) is 6.54 Å². The molecule has 0 fully saturated rings. The fraction of sp³-hybridized carbons (Fsp3) is 0.364. The third-order valence-electron chi connectivity index (χ3n) is 2.47. The molecular formula is C11H14N2OS. The van der Waals surface area contributed by atoms with Crippen molar-refractivity contribution in [2.24, 2.45) is 5.73 Å². The van der Waals surface area contributed by atoms with Gasteiger partial charge in [-0.05, 0) is 26.0 Å². The van der Waals surface area contributed by atoms with Gasteiger partial charge in [0.25, 0.3) is 0 Å². The largest absolute Gasteiger partial charge is 0.469 e. The zero-order chi connectivity index (χ0) is 10.8. The summed E-state index contributed by atoms with van der Waals surface area (Å²) < 4.78 is 5.38. The molecule has 4 heteroatoms. The number of nitrogens with zero attached hydrogens (tertiary/aromatic N) is 1. The molecular weight excluding hydrogens is 208 g/mol. The quantitative estimate of drug-likeness (QED) is 0.867. The van der Waals surface area contributed by atoms with E-state index in [0.717, 1.165) is 16.5 Å². The lowest BCUT2D eigenvalue weighted by atomic mass is 10.1. The minimum atomic E-state index is 0.0948. The Morgan fingerprint density at radius 3 is 2.80 bits per heavy atom. The van der Waals surface area contributed by atoms with Gasteiger partial charge < -0.3 is 10.2 Å². The topological polar surface area (TPSA) is 52.0 Å². The molecule has 0 aliphatic carbocycles. The summed E-state index contributed by atoms with van der Waals surface area (Å²) in [4.78, 5) is 5.76. The first-order valence-electron chi connectivity index (χ1n) is 4.89. The van der Waals surface area contributed by atoms with Crippen LogP contribution in [0.5, 0.6) is 0 Å². The summed E-state index contributed by atoms with van der Waals surface area (Å²) in [5, 5.41) is 1.04. The Hall–Kier alpha value is -1.13. The highest BCUT2D eigenvalue weighted by Crippen LogP contribution is 2.29. The standard InChI is InChI=1S/C11H14N2OS/c1-7-8(2)15-11(13-7)9(6-12)10-4-3-5-14-10/h3-5,9H,6,12H2,1-2H3. The lowest BCUT2D eigenvalue weighted by Gasteiger charge is -2.07. The predicted octanol–water partition coefficient (Wildman–Crippen LogP) is 2.44. The maximum Gasteiger partial charge on any atom is 0.114 e. The Bertz CT molecular complexity index is 414. The van der Waals surface area contributed by atoms with Crippen molar-refractivity contribution < 1.29 is 4.42 Å². The van der Waals surface area contributed by atoms with Gasteiger partial charge in [0.2, 0.25) is 0 Å². The summed E-state index contributed by atoms with van der Waals surface area (Å²) in [7, 11) is 0. The summed E-state index contributed by atoms with van der Waals surface area (Å²) in [5.74, 6) is 0.989. The third-order valence-corrected chi connectivity index (χ3v) is 3.65. The van der Waals surface area contributed by atoms with Crippen LogP contribution < -0.4 is 5.73 Å². The van der Waals surface area contributed by atoms with Crippen molar-refractivity contribution in [3.63, 3.8) is 0 Å². The number of aryl methyl sites for hydroxylation is 2. The molecule has 80 valence electrons. The predicted molar refractivity (Wildman–Crippen MR) is 61.2 cm³/mol. The minimum Gasteiger partial charge on any atom is -0.469 e. The number of hydrogen-bond acceptors (Lipinski definition) is 4. The summed E-state index contributed by atoms with van der Waals surface area (Å²) in [6.07, 6.45) is 1.67. The molecule has 2 heterocycles. The van der Waals surface area contributed by atoms with Crippen LogP contribution >= 0.6 is 11.3 Å². The van der Waals surface area contributed by atoms with E-state index in [1.165, 1.54) is 4.88 Å². The van der Waals surface area contributed by atoms with Crippen molar-refractivity contribution in [1.82, 2.24) is 4.98 Å². The summed E-state index contributed by atoms with van der Waals surface area (Å²) >= 11 is 1.69. The van der Waals surface area contributed by atoms with Crippen molar-refractivity contribution >= 4 is 11.3 Å². The van der Waals surface area contributed by atoms with E-state index in [-0.39, 0.29) is 5.92 Å². The van der Waals surface area contributed by atoms with Gasteiger partial charge in [-0.1, -0.05) is 0 Å². The lowest BCUT2D eigenvalue weighted by molar-refractivity contribution is 0.487. The molecule has 2 rings (SSSR count). The summed E-state index contributed by atoms with van der Waals surface area (Å²) in [6.45, 7) is 4.62. The zero-order valence-electron chi connectivity index (χ0n) is 8.86. The second kappa shape index (κ2) is 4.16. The highest BCUT2D eigenvalue weighted by atomic mass is 32.1. The van der Waals surface area contributed by atoms with Gasteiger partial charge in [-0.2, -0.15) is 0 Å². The van der Waals surface area contributed by atoms with Crippen LogP contribution in [0.4, 0.5) is 0 Å². The Balaban J connectivity index is 2.35. The lowest BCUT2D eigenvalue weighted by Crippen LogP contribution is -2.12. The minimum absolute atomic E-state index is 0.0948. The van der Waals surface area contributed by atoms with Crippen LogP contribution in [0.1, 0.15) is 27.3 Å². The van der Waals surface area contributed by atoms with E-state index in [1.54, 1.807) is 17.6 Å². The summed E-state index contributed by atoms with van der Waals surface area (Å²) in [5.41, 5.74) is 6.85. The molecule has 3 nitrogen and oxygen atoms in total. The van der Waals surface area contributed by atoms with E-state index in [0.29, 0.717) is 6.54 Å². The molecule has 2 N–H and O–H groups in total. The monoisotopic (exact) mass is 222 g/mol. The molecule has 2 aromatic rings. The van der Waals surface area contributed by atoms with Crippen LogP contribution in [0.3, 0.4) is 0 Å². The normalized spacial score (nSPS) is 13.0. The van der Waals surface area contributed by atoms with Crippen molar-refractivity contribution in [2.45, 2.75) is 19.8 Å². The molecule has 0 bridgehead atoms. The molecule has 0 spiro atoms. The first kappa shape index (κ1) is 10.4. The Labute approximate surface area is 92.9 Å². The van der Waals surface area contributed by atoms with E-state index < -0.39 is 0 Å². The van der Waals surface area contributed by atoms with Crippen LogP contribution in [-0.2, 0) is 0 Å². The highest BCUT2D eigenvalue weighted by Gasteiger charge is 2.19. The third kappa shape index (κ3) is 1.96. The number of rotatable bonds is 3. The van der Waals surface area contributed by atoms with Gasteiger partial charge in [-0.25, -0.2) is 4.98 Å². The molecule has 0 aliphatic rings. The SMILES string of the molecule is Cc1nc(C(CN)c2ccco2)sc1C. The Morgan fingerprint density at radius 1 is 1.53 bits per heavy atom. The maximum atomic E-state index is 5.76. The second-order valence-corrected chi connectivity index (χ2v) is 4.73. The molecule has 1 atom stereocenters. The van der Waals surface area contributed by atoms with Crippen LogP contribution in [0, 0.1) is 13.8 Å². The highest BCUT2D eigenvalue weighted by molar-refractivity contribution is 7.11. The van der Waals surface area contributed by atoms with Crippen LogP contribution in [-0.4, -0.2) is 11.5 Å². The first-order chi connectivity index (χ1) is 7.22. The van der Waals surface area contributed by atoms with Gasteiger partial charge in [0, 0.05) is 11.4 Å². The van der Waals surface area contributed by atoms with Crippen molar-refractivity contribution in [3.8, 4) is 0 Å². The van der Waals surface area contributed by atoms with Crippen LogP contribution in [0.25, 0.3) is 0 Å². The number of furan rings is 1. The number of nitrogens with two attached hydrogens (primary N) is 1. The van der Waals surface area contributed by atoms with Crippen LogP contribution in [0.15, 0.2) is 22.8 Å². The smallest absolute Gasteiger partial charge is 0.114 e. The first-order valence-corrected chi connectivity index (χ1v) is 5.71. The average Bonchev–Trinajstić information content (AvgIpc) is 2.80. The summed E-state index contributed by atoms with van der Waals surface area (Å²) in [6, 6.07) is 3.83. The molecule has 15 heavy (non-hydrogen) atoms. The fourth-order valence-corrected chi connectivity index (χ4v) is 2.52. The van der Waals surface area contributed by atoms with E-state index in [1.807, 2.05) is 19.1 Å². The van der Waals surface area contributed by atoms with Crippen LogP contribution in [0.2, 0.25) is 0 Å². The molecule has 0 aromatic carbocycles. The van der Waals surface area contributed by atoms with Crippen molar-refractivity contribution in [1.29, 1.82) is 0 Å². The Kier molecular flexibility index (Phi) is 2.88. The molecule has 0 radical (unpaired) electrons. The molecule has 0 amide bonds. The van der Waals surface area contributed by atoms with E-state index >= 15 is 0 Å². The van der Waals surface area contributed by atoms with Gasteiger partial charge in [0.05, 0.1) is 17.9 Å². The van der Waals surface area contributed by atoms with E-state index in [4.69, 9.17) is 10.2 Å². The van der Waals surface area contributed by atoms with Gasteiger partial charge in [-0.15, -0.1) is 11.3 Å². The zero-order valence-corrected chi connectivity index (χ0v) is 9.67. The van der Waals surface area contributed by atoms with Crippen molar-refractivity contribution in [3.05, 3.63) is 39.7 Å². The average molecular weight is 222 g/mol. The Morgan fingerprint density at radius 2 is 2.33 bits per heavy atom. The fourth-order valence-electron chi connectivity index (χ4n) is 1.47. The number of hydrogen-bond donors (Lipinski definition) is 1. The molecule has 2 aromatic heterocycles. The maximum absolute atomic E-state index is 5.76. The van der Waals surface area contributed by atoms with E-state index in [9.17, 15) is 0 Å². The number of thiazole rings is 1. The molecule has 1 unspecified atom stereocenters. The van der Waals surface area contributed by atoms with Gasteiger partial charge in [-0.3, -0.25) is 0 Å². The molecule has 0 aliphatic heterocycles. The van der Waals surface area contributed by atoms with Gasteiger partial charge in [0.1, 0.15) is 10.8 Å². The van der Waals surface area contributed by atoms with Gasteiger partial charge >= 0.3 is 0 Å². The molecule has 0 saturated carbocycles. The second-order valence-electron chi connectivity index (χ2n) is 3.50. The molecule has 0 saturated heterocycles. The van der Waals surface area contributed by atoms with E-state index in [2.05, 4.69) is 11.9 Å².